The molecule has 0 saturated heterocycles. The lowest BCUT2D eigenvalue weighted by atomic mass is 9.64. The van der Waals surface area contributed by atoms with Crippen molar-refractivity contribution in [3.8, 4) is 0 Å². The Hall–Kier alpha value is -0.0800. The molecule has 0 aliphatic heterocycles. The highest BCUT2D eigenvalue weighted by Gasteiger charge is 2.35. The van der Waals surface area contributed by atoms with Gasteiger partial charge in [-0.3, -0.25) is 0 Å². The van der Waals surface area contributed by atoms with Gasteiger partial charge in [-0.15, -0.1) is 0 Å². The van der Waals surface area contributed by atoms with Crippen molar-refractivity contribution >= 4 is 0 Å². The second kappa shape index (κ2) is 8.26. The summed E-state index contributed by atoms with van der Waals surface area (Å²) >= 11 is 0. The summed E-state index contributed by atoms with van der Waals surface area (Å²) in [6, 6.07) is 0. The molecule has 1 fully saturated rings. The van der Waals surface area contributed by atoms with Crippen LogP contribution < -0.4 is 5.32 Å². The first kappa shape index (κ1) is 17.0. The van der Waals surface area contributed by atoms with Crippen molar-refractivity contribution < 1.29 is 4.74 Å². The van der Waals surface area contributed by atoms with Gasteiger partial charge in [0.25, 0.3) is 0 Å². The Morgan fingerprint density at radius 1 is 1.16 bits per heavy atom. The first-order valence-electron chi connectivity index (χ1n) is 8.21. The van der Waals surface area contributed by atoms with E-state index >= 15 is 0 Å². The van der Waals surface area contributed by atoms with E-state index < -0.39 is 0 Å². The summed E-state index contributed by atoms with van der Waals surface area (Å²) in [6.45, 7) is 12.3. The summed E-state index contributed by atoms with van der Waals surface area (Å²) in [6.07, 6.45) is 6.82. The third-order valence-corrected chi connectivity index (χ3v) is 4.90. The molecule has 19 heavy (non-hydrogen) atoms. The summed E-state index contributed by atoms with van der Waals surface area (Å²) in [5.74, 6) is 2.67. The van der Waals surface area contributed by atoms with Gasteiger partial charge in [0.1, 0.15) is 0 Å². The zero-order valence-electron chi connectivity index (χ0n) is 13.8. The van der Waals surface area contributed by atoms with Gasteiger partial charge in [0.05, 0.1) is 0 Å². The molecule has 114 valence electrons. The Labute approximate surface area is 120 Å². The van der Waals surface area contributed by atoms with E-state index in [1.807, 2.05) is 0 Å². The monoisotopic (exact) mass is 269 g/mol. The smallest absolute Gasteiger partial charge is 0.0465 e. The molecule has 1 saturated carbocycles. The summed E-state index contributed by atoms with van der Waals surface area (Å²) in [7, 11) is 2.09. The van der Waals surface area contributed by atoms with E-state index in [1.165, 1.54) is 38.6 Å². The zero-order chi connectivity index (χ0) is 14.3. The van der Waals surface area contributed by atoms with Crippen molar-refractivity contribution in [1.82, 2.24) is 5.32 Å². The topological polar surface area (TPSA) is 21.3 Å². The second-order valence-corrected chi connectivity index (χ2v) is 7.29. The van der Waals surface area contributed by atoms with Crippen LogP contribution >= 0.6 is 0 Å². The molecule has 2 heteroatoms. The number of ether oxygens (including phenoxy) is 1. The minimum absolute atomic E-state index is 0.475. The predicted octanol–water partition coefficient (Wildman–Crippen LogP) is 4.10. The molecule has 0 heterocycles. The molecular formula is C17H35NO. The van der Waals surface area contributed by atoms with Crippen LogP contribution in [-0.4, -0.2) is 26.8 Å². The molecule has 0 amide bonds. The predicted molar refractivity (Wildman–Crippen MR) is 83.4 cm³/mol. The third-order valence-electron chi connectivity index (χ3n) is 4.90. The van der Waals surface area contributed by atoms with Gasteiger partial charge in [-0.2, -0.15) is 0 Å². The van der Waals surface area contributed by atoms with Crippen molar-refractivity contribution in [3.05, 3.63) is 0 Å². The number of rotatable bonds is 7. The van der Waals surface area contributed by atoms with Crippen molar-refractivity contribution in [2.24, 2.45) is 23.2 Å². The standard InChI is InChI=1S/C17H35NO/c1-6-19-11-7-8-14-12-16(17(2,3)4)10-9-15(14)13-18-5/h14-16,18H,6-13H2,1-5H3. The highest BCUT2D eigenvalue weighted by Crippen LogP contribution is 2.44. The summed E-state index contributed by atoms with van der Waals surface area (Å²) < 4.78 is 5.50. The lowest BCUT2D eigenvalue weighted by Gasteiger charge is -2.42. The van der Waals surface area contributed by atoms with Crippen LogP contribution in [0.15, 0.2) is 0 Å². The van der Waals surface area contributed by atoms with E-state index in [0.717, 1.165) is 31.0 Å². The lowest BCUT2D eigenvalue weighted by Crippen LogP contribution is -2.36. The number of nitrogens with one attached hydrogen (secondary N) is 1. The molecule has 3 unspecified atom stereocenters. The van der Waals surface area contributed by atoms with Crippen LogP contribution in [0.2, 0.25) is 0 Å². The van der Waals surface area contributed by atoms with Gasteiger partial charge in [0.15, 0.2) is 0 Å². The average Bonchev–Trinajstić information content (AvgIpc) is 2.35. The fraction of sp³-hybridized carbons (Fsp3) is 1.00. The van der Waals surface area contributed by atoms with Gasteiger partial charge in [0.2, 0.25) is 0 Å². The summed E-state index contributed by atoms with van der Waals surface area (Å²) in [5, 5.41) is 3.39. The highest BCUT2D eigenvalue weighted by molar-refractivity contribution is 4.86. The van der Waals surface area contributed by atoms with Crippen LogP contribution in [0.4, 0.5) is 0 Å². The summed E-state index contributed by atoms with van der Waals surface area (Å²) in [4.78, 5) is 0. The molecule has 1 N–H and O–H groups in total. The fourth-order valence-corrected chi connectivity index (χ4v) is 3.59. The number of hydrogen-bond acceptors (Lipinski definition) is 2. The van der Waals surface area contributed by atoms with E-state index in [4.69, 9.17) is 4.74 Å². The Bertz CT molecular complexity index is 234. The molecule has 1 aliphatic carbocycles. The van der Waals surface area contributed by atoms with Gasteiger partial charge in [0, 0.05) is 13.2 Å². The van der Waals surface area contributed by atoms with Gasteiger partial charge >= 0.3 is 0 Å². The van der Waals surface area contributed by atoms with E-state index in [2.05, 4.69) is 40.1 Å². The maximum absolute atomic E-state index is 5.50. The Kier molecular flexibility index (Phi) is 7.38. The van der Waals surface area contributed by atoms with Crippen LogP contribution in [0.1, 0.15) is 59.8 Å². The van der Waals surface area contributed by atoms with Crippen LogP contribution in [0, 0.1) is 23.2 Å². The Morgan fingerprint density at radius 2 is 1.89 bits per heavy atom. The minimum atomic E-state index is 0.475. The number of hydrogen-bond donors (Lipinski definition) is 1. The normalized spacial score (nSPS) is 28.6. The van der Waals surface area contributed by atoms with Gasteiger partial charge in [-0.05, 0) is 75.8 Å². The van der Waals surface area contributed by atoms with Gasteiger partial charge in [-0.1, -0.05) is 20.8 Å². The molecular weight excluding hydrogens is 234 g/mol. The van der Waals surface area contributed by atoms with Crippen molar-refractivity contribution in [3.63, 3.8) is 0 Å². The van der Waals surface area contributed by atoms with E-state index in [1.54, 1.807) is 0 Å². The van der Waals surface area contributed by atoms with Crippen LogP contribution in [0.5, 0.6) is 0 Å². The molecule has 2 nitrogen and oxygen atoms in total. The lowest BCUT2D eigenvalue weighted by molar-refractivity contribution is 0.0812. The second-order valence-electron chi connectivity index (χ2n) is 7.29. The van der Waals surface area contributed by atoms with E-state index in [9.17, 15) is 0 Å². The van der Waals surface area contributed by atoms with Crippen LogP contribution in [0.25, 0.3) is 0 Å². The minimum Gasteiger partial charge on any atom is -0.382 e. The molecule has 0 radical (unpaired) electrons. The quantitative estimate of drug-likeness (QED) is 0.703. The first-order valence-corrected chi connectivity index (χ1v) is 8.21. The zero-order valence-corrected chi connectivity index (χ0v) is 13.8. The average molecular weight is 269 g/mol. The SMILES string of the molecule is CCOCCCC1CC(C(C)(C)C)CCC1CNC. The molecule has 0 aromatic carbocycles. The largest absolute Gasteiger partial charge is 0.382 e. The van der Waals surface area contributed by atoms with Crippen molar-refractivity contribution in [1.29, 1.82) is 0 Å². The van der Waals surface area contributed by atoms with Gasteiger partial charge in [-0.25, -0.2) is 0 Å². The maximum atomic E-state index is 5.50. The molecule has 0 spiro atoms. The third kappa shape index (κ3) is 5.83. The Balaban J connectivity index is 2.48. The maximum Gasteiger partial charge on any atom is 0.0465 e. The molecule has 3 atom stereocenters. The van der Waals surface area contributed by atoms with Crippen molar-refractivity contribution in [2.75, 3.05) is 26.8 Å². The molecule has 1 aliphatic rings. The molecule has 0 bridgehead atoms. The van der Waals surface area contributed by atoms with Gasteiger partial charge < -0.3 is 10.1 Å². The molecule has 0 aromatic rings. The fourth-order valence-electron chi connectivity index (χ4n) is 3.59. The van der Waals surface area contributed by atoms with Crippen molar-refractivity contribution in [2.45, 2.75) is 59.8 Å². The first-order chi connectivity index (χ1) is 8.99. The molecule has 0 aromatic heterocycles. The van der Waals surface area contributed by atoms with Crippen LogP contribution in [0.3, 0.4) is 0 Å². The van der Waals surface area contributed by atoms with E-state index in [-0.39, 0.29) is 0 Å². The van der Waals surface area contributed by atoms with Crippen LogP contribution in [-0.2, 0) is 4.74 Å². The summed E-state index contributed by atoms with van der Waals surface area (Å²) in [5.41, 5.74) is 0.475. The molecule has 1 rings (SSSR count). The Morgan fingerprint density at radius 3 is 2.47 bits per heavy atom. The van der Waals surface area contributed by atoms with E-state index in [0.29, 0.717) is 5.41 Å². The highest BCUT2D eigenvalue weighted by atomic mass is 16.5.